The van der Waals surface area contributed by atoms with E-state index in [9.17, 15) is 13.6 Å². The van der Waals surface area contributed by atoms with E-state index in [0.29, 0.717) is 18.4 Å². The lowest BCUT2D eigenvalue weighted by Crippen LogP contribution is -2.34. The minimum absolute atomic E-state index is 0.00305. The molecule has 0 aromatic heterocycles. The molecule has 3 N–H and O–H groups in total. The first-order valence-corrected chi connectivity index (χ1v) is 6.50. The molecule has 1 aliphatic rings. The van der Waals surface area contributed by atoms with Crippen LogP contribution in [0.25, 0.3) is 0 Å². The third-order valence-corrected chi connectivity index (χ3v) is 3.62. The number of nitrogens with two attached hydrogens (primary N) is 1. The Bertz CT molecular complexity index is 491. The molecule has 1 fully saturated rings. The molecule has 2 rings (SSSR count). The van der Waals surface area contributed by atoms with E-state index in [1.807, 2.05) is 0 Å². The second-order valence-corrected chi connectivity index (χ2v) is 5.17. The lowest BCUT2D eigenvalue weighted by Gasteiger charge is -2.25. The van der Waals surface area contributed by atoms with Gasteiger partial charge in [-0.3, -0.25) is 4.79 Å². The molecule has 19 heavy (non-hydrogen) atoms. The van der Waals surface area contributed by atoms with E-state index in [1.54, 1.807) is 0 Å². The number of anilines is 1. The fourth-order valence-electron chi connectivity index (χ4n) is 2.46. The highest BCUT2D eigenvalue weighted by atomic mass is 19.1. The van der Waals surface area contributed by atoms with Crippen LogP contribution in [-0.4, -0.2) is 11.9 Å². The van der Waals surface area contributed by atoms with Gasteiger partial charge in [-0.25, -0.2) is 8.78 Å². The Morgan fingerprint density at radius 3 is 2.79 bits per heavy atom. The monoisotopic (exact) mass is 268 g/mol. The van der Waals surface area contributed by atoms with Crippen molar-refractivity contribution in [2.45, 2.75) is 38.6 Å². The van der Waals surface area contributed by atoms with Crippen molar-refractivity contribution in [1.82, 2.24) is 0 Å². The Kier molecular flexibility index (Phi) is 4.14. The molecule has 0 heterocycles. The van der Waals surface area contributed by atoms with E-state index >= 15 is 0 Å². The van der Waals surface area contributed by atoms with Crippen molar-refractivity contribution >= 4 is 11.6 Å². The average molecular weight is 268 g/mol. The normalized spacial score (nSPS) is 23.2. The Morgan fingerprint density at radius 2 is 2.11 bits per heavy atom. The van der Waals surface area contributed by atoms with E-state index in [1.165, 1.54) is 13.0 Å². The molecule has 1 saturated carbocycles. The highest BCUT2D eigenvalue weighted by Gasteiger charge is 2.26. The van der Waals surface area contributed by atoms with Crippen molar-refractivity contribution < 1.29 is 13.6 Å². The number of carbonyl (C=O) groups is 1. The predicted molar refractivity (Wildman–Crippen MR) is 69.7 cm³/mol. The summed E-state index contributed by atoms with van der Waals surface area (Å²) in [6.07, 6.45) is 3.06. The van der Waals surface area contributed by atoms with Crippen LogP contribution in [0.15, 0.2) is 12.1 Å². The van der Waals surface area contributed by atoms with Crippen molar-refractivity contribution in [2.24, 2.45) is 11.7 Å². The van der Waals surface area contributed by atoms with E-state index in [4.69, 9.17) is 5.73 Å². The molecule has 0 bridgehead atoms. The summed E-state index contributed by atoms with van der Waals surface area (Å²) in [5.74, 6) is -2.08. The number of nitrogens with one attached hydrogen (secondary N) is 1. The summed E-state index contributed by atoms with van der Waals surface area (Å²) in [5.41, 5.74) is 5.76. The Hall–Kier alpha value is -1.49. The van der Waals surface area contributed by atoms with Crippen LogP contribution in [0.5, 0.6) is 0 Å². The minimum Gasteiger partial charge on any atom is -0.328 e. The summed E-state index contributed by atoms with van der Waals surface area (Å²) in [7, 11) is 0. The number of amides is 1. The molecule has 0 saturated heterocycles. The molecule has 3 nitrogen and oxygen atoms in total. The smallest absolute Gasteiger partial charge is 0.227 e. The average Bonchev–Trinajstić information content (AvgIpc) is 2.39. The second kappa shape index (κ2) is 5.65. The molecular weight excluding hydrogens is 250 g/mol. The van der Waals surface area contributed by atoms with Crippen molar-refractivity contribution in [3.8, 4) is 0 Å². The third kappa shape index (κ3) is 3.10. The summed E-state index contributed by atoms with van der Waals surface area (Å²) in [6.45, 7) is 1.53. The van der Waals surface area contributed by atoms with Crippen LogP contribution >= 0.6 is 0 Å². The summed E-state index contributed by atoms with van der Waals surface area (Å²) < 4.78 is 27.3. The second-order valence-electron chi connectivity index (χ2n) is 5.17. The zero-order chi connectivity index (χ0) is 14.0. The van der Waals surface area contributed by atoms with Gasteiger partial charge in [0.05, 0.1) is 0 Å². The maximum Gasteiger partial charge on any atom is 0.227 e. The molecule has 104 valence electrons. The molecule has 1 aliphatic carbocycles. The quantitative estimate of drug-likeness (QED) is 0.866. The third-order valence-electron chi connectivity index (χ3n) is 3.62. The van der Waals surface area contributed by atoms with Crippen LogP contribution in [0.2, 0.25) is 0 Å². The highest BCUT2D eigenvalue weighted by Crippen LogP contribution is 2.27. The maximum atomic E-state index is 13.8. The first-order valence-electron chi connectivity index (χ1n) is 6.50. The molecule has 1 amide bonds. The molecule has 5 heteroatoms. The van der Waals surface area contributed by atoms with Crippen molar-refractivity contribution in [1.29, 1.82) is 0 Å². The SMILES string of the molecule is Cc1ccc(F)c(NC(=O)C2CCCC(N)C2)c1F. The molecular formula is C14H18F2N2O. The Labute approximate surface area is 111 Å². The number of benzene rings is 1. The molecule has 0 spiro atoms. The van der Waals surface area contributed by atoms with Gasteiger partial charge in [-0.15, -0.1) is 0 Å². The van der Waals surface area contributed by atoms with Crippen molar-refractivity contribution in [3.05, 3.63) is 29.3 Å². The molecule has 2 unspecified atom stereocenters. The summed E-state index contributed by atoms with van der Waals surface area (Å²) in [5, 5.41) is 2.37. The van der Waals surface area contributed by atoms with Gasteiger partial charge < -0.3 is 11.1 Å². The number of rotatable bonds is 2. The number of halogens is 2. The van der Waals surface area contributed by atoms with Crippen LogP contribution < -0.4 is 11.1 Å². The van der Waals surface area contributed by atoms with Crippen LogP contribution in [0.3, 0.4) is 0 Å². The fraction of sp³-hybridized carbons (Fsp3) is 0.500. The summed E-state index contributed by atoms with van der Waals surface area (Å²) in [6, 6.07) is 2.49. The first kappa shape index (κ1) is 13.9. The van der Waals surface area contributed by atoms with Gasteiger partial charge in [0.1, 0.15) is 11.5 Å². The molecule has 1 aromatic carbocycles. The van der Waals surface area contributed by atoms with Crippen LogP contribution in [0.1, 0.15) is 31.2 Å². The van der Waals surface area contributed by atoms with Crippen molar-refractivity contribution in [3.63, 3.8) is 0 Å². The van der Waals surface area contributed by atoms with Gasteiger partial charge in [0.25, 0.3) is 0 Å². The van der Waals surface area contributed by atoms with Gasteiger partial charge in [-0.1, -0.05) is 12.5 Å². The Balaban J connectivity index is 2.13. The standard InChI is InChI=1S/C14H18F2N2O/c1-8-5-6-11(15)13(12(8)16)18-14(19)9-3-2-4-10(17)7-9/h5-6,9-10H,2-4,7,17H2,1H3,(H,18,19). The largest absolute Gasteiger partial charge is 0.328 e. The van der Waals surface area contributed by atoms with E-state index in [2.05, 4.69) is 5.32 Å². The minimum atomic E-state index is -0.753. The van der Waals surface area contributed by atoms with Gasteiger partial charge in [0, 0.05) is 12.0 Å². The zero-order valence-corrected chi connectivity index (χ0v) is 10.9. The zero-order valence-electron chi connectivity index (χ0n) is 10.9. The van der Waals surface area contributed by atoms with Gasteiger partial charge in [0.2, 0.25) is 5.91 Å². The topological polar surface area (TPSA) is 55.1 Å². The number of aryl methyl sites for hydroxylation is 1. The lowest BCUT2D eigenvalue weighted by molar-refractivity contribution is -0.120. The highest BCUT2D eigenvalue weighted by molar-refractivity contribution is 5.93. The molecule has 2 atom stereocenters. The molecule has 0 radical (unpaired) electrons. The van der Waals surface area contributed by atoms with Gasteiger partial charge in [-0.2, -0.15) is 0 Å². The van der Waals surface area contributed by atoms with Gasteiger partial charge in [0.15, 0.2) is 5.82 Å². The van der Waals surface area contributed by atoms with Crippen LogP contribution in [0.4, 0.5) is 14.5 Å². The fourth-order valence-corrected chi connectivity index (χ4v) is 2.46. The predicted octanol–water partition coefficient (Wildman–Crippen LogP) is 2.73. The van der Waals surface area contributed by atoms with Crippen molar-refractivity contribution in [2.75, 3.05) is 5.32 Å². The first-order chi connectivity index (χ1) is 8.99. The van der Waals surface area contributed by atoms with Gasteiger partial charge >= 0.3 is 0 Å². The molecule has 0 aliphatic heterocycles. The Morgan fingerprint density at radius 1 is 1.37 bits per heavy atom. The van der Waals surface area contributed by atoms with Crippen LogP contribution in [-0.2, 0) is 4.79 Å². The lowest BCUT2D eigenvalue weighted by atomic mass is 9.85. The molecule has 1 aromatic rings. The van der Waals surface area contributed by atoms with Crippen LogP contribution in [0, 0.1) is 24.5 Å². The summed E-state index contributed by atoms with van der Waals surface area (Å²) >= 11 is 0. The van der Waals surface area contributed by atoms with E-state index in [0.717, 1.165) is 18.9 Å². The van der Waals surface area contributed by atoms with E-state index in [-0.39, 0.29) is 23.6 Å². The maximum absolute atomic E-state index is 13.8. The number of hydrogen-bond acceptors (Lipinski definition) is 2. The number of carbonyl (C=O) groups excluding carboxylic acids is 1. The summed E-state index contributed by atoms with van der Waals surface area (Å²) in [4.78, 5) is 12.0. The number of hydrogen-bond donors (Lipinski definition) is 2. The van der Waals surface area contributed by atoms with Gasteiger partial charge in [-0.05, 0) is 37.8 Å². The van der Waals surface area contributed by atoms with E-state index < -0.39 is 11.6 Å².